The second-order valence-corrected chi connectivity index (χ2v) is 8.96. The number of anilines is 3. The van der Waals surface area contributed by atoms with Crippen molar-refractivity contribution in [1.82, 2.24) is 14.5 Å². The number of benzene rings is 2. The van der Waals surface area contributed by atoms with Gasteiger partial charge in [0, 0.05) is 24.1 Å². The number of nitrogens with one attached hydrogen (secondary N) is 2. The number of hydrogen-bond acceptors (Lipinski definition) is 8. The molecule has 0 saturated carbocycles. The summed E-state index contributed by atoms with van der Waals surface area (Å²) in [5.41, 5.74) is 1.43. The van der Waals surface area contributed by atoms with Crippen LogP contribution in [0.15, 0.2) is 60.8 Å². The van der Waals surface area contributed by atoms with Crippen LogP contribution < -0.4 is 20.3 Å². The molecule has 0 bridgehead atoms. The number of morpholine rings is 1. The third kappa shape index (κ3) is 5.85. The summed E-state index contributed by atoms with van der Waals surface area (Å²) in [5, 5.41) is 14.9. The summed E-state index contributed by atoms with van der Waals surface area (Å²) in [5.74, 6) is -1.36. The molecule has 5 rings (SSSR count). The molecule has 1 saturated heterocycles. The largest absolute Gasteiger partial charge is 0.511 e. The van der Waals surface area contributed by atoms with Crippen LogP contribution in [-0.4, -0.2) is 63.3 Å². The molecule has 0 spiro atoms. The van der Waals surface area contributed by atoms with Gasteiger partial charge < -0.3 is 34.7 Å². The number of halogens is 1. The van der Waals surface area contributed by atoms with E-state index in [0.717, 1.165) is 0 Å². The minimum Gasteiger partial charge on any atom is -0.449 e. The van der Waals surface area contributed by atoms with E-state index in [1.165, 1.54) is 29.0 Å². The van der Waals surface area contributed by atoms with Gasteiger partial charge in [0.05, 0.1) is 17.1 Å². The van der Waals surface area contributed by atoms with Crippen molar-refractivity contribution in [3.05, 3.63) is 71.6 Å². The zero-order chi connectivity index (χ0) is 28.2. The first kappa shape index (κ1) is 26.6. The number of para-hydroxylation sites is 1. The molecular formula is C26H21ClN6O7. The van der Waals surface area contributed by atoms with E-state index in [1.807, 2.05) is 0 Å². The first-order valence-corrected chi connectivity index (χ1v) is 12.3. The van der Waals surface area contributed by atoms with Crippen LogP contribution >= 0.6 is 11.6 Å². The number of hydrogen-bond donors (Lipinski definition) is 3. The highest BCUT2D eigenvalue weighted by Gasteiger charge is 2.24. The van der Waals surface area contributed by atoms with Crippen molar-refractivity contribution in [2.45, 2.75) is 6.54 Å². The lowest BCUT2D eigenvalue weighted by molar-refractivity contribution is -0.125. The summed E-state index contributed by atoms with van der Waals surface area (Å²) in [4.78, 5) is 59.5. The van der Waals surface area contributed by atoms with Crippen LogP contribution in [0.1, 0.15) is 10.6 Å². The van der Waals surface area contributed by atoms with Gasteiger partial charge in [0.2, 0.25) is 11.7 Å². The predicted molar refractivity (Wildman–Crippen MR) is 144 cm³/mol. The Bertz CT molecular complexity index is 1600. The Morgan fingerprint density at radius 1 is 1.07 bits per heavy atom. The van der Waals surface area contributed by atoms with Crippen molar-refractivity contribution in [2.75, 3.05) is 35.3 Å². The van der Waals surface area contributed by atoms with Crippen LogP contribution in [0, 0.1) is 0 Å². The topological polar surface area (TPSA) is 165 Å². The Balaban J connectivity index is 1.42. The number of fused-ring (bicyclic) bond motifs is 1. The minimum absolute atomic E-state index is 0.00391. The number of rotatable bonds is 7. The molecule has 0 unspecified atom stereocenters. The van der Waals surface area contributed by atoms with E-state index in [-0.39, 0.29) is 42.0 Å². The highest BCUT2D eigenvalue weighted by Crippen LogP contribution is 2.27. The number of carboxylic acid groups (broad SMARTS) is 1. The fourth-order valence-corrected chi connectivity index (χ4v) is 4.22. The Hall–Kier alpha value is -5.01. The Morgan fingerprint density at radius 2 is 1.88 bits per heavy atom. The molecule has 14 heteroatoms. The molecular weight excluding hydrogens is 544 g/mol. The van der Waals surface area contributed by atoms with Crippen molar-refractivity contribution in [1.29, 1.82) is 0 Å². The quantitative estimate of drug-likeness (QED) is 0.225. The number of ether oxygens (including phenoxy) is 2. The zero-order valence-electron chi connectivity index (χ0n) is 20.7. The molecule has 13 nitrogen and oxygen atoms in total. The fraction of sp³-hybridized carbons (Fsp3) is 0.154. The van der Waals surface area contributed by atoms with Gasteiger partial charge in [-0.15, -0.1) is 0 Å². The van der Waals surface area contributed by atoms with Crippen molar-refractivity contribution >= 4 is 63.7 Å². The number of pyridine rings is 1. The van der Waals surface area contributed by atoms with Crippen LogP contribution in [0.3, 0.4) is 0 Å². The number of carbonyl (C=O) groups is 4. The van der Waals surface area contributed by atoms with E-state index in [2.05, 4.69) is 20.6 Å². The predicted octanol–water partition coefficient (Wildman–Crippen LogP) is 3.40. The molecule has 3 heterocycles. The lowest BCUT2D eigenvalue weighted by atomic mass is 10.2. The number of nitrogens with zero attached hydrogens (tertiary/aromatic N) is 4. The molecule has 0 atom stereocenters. The number of amides is 3. The van der Waals surface area contributed by atoms with Crippen LogP contribution in [0.2, 0.25) is 5.02 Å². The lowest BCUT2D eigenvalue weighted by Gasteiger charge is -2.26. The highest BCUT2D eigenvalue weighted by molar-refractivity contribution is 6.30. The maximum atomic E-state index is 13.4. The molecule has 2 aromatic heterocycles. The Labute approximate surface area is 231 Å². The standard InChI is InChI=1S/C26H21ClN6O7/c27-15-4-9-20(28-12-15)30-21(34)13-33-18-2-1-3-19(40-26(37)38)23(18)31-24(33)25(36)29-16-5-7-17(8-6-16)32-10-11-39-14-22(32)35/h1-9,12H,10-11,13-14H2,(H,29,36)(H,37,38)(H,28,30,34). The summed E-state index contributed by atoms with van der Waals surface area (Å²) in [6, 6.07) is 14.2. The van der Waals surface area contributed by atoms with Gasteiger partial charge in [-0.2, -0.15) is 0 Å². The molecule has 0 aliphatic carbocycles. The Kier molecular flexibility index (Phi) is 7.57. The summed E-state index contributed by atoms with van der Waals surface area (Å²) < 4.78 is 11.3. The molecule has 3 amide bonds. The summed E-state index contributed by atoms with van der Waals surface area (Å²) in [7, 11) is 0. The van der Waals surface area contributed by atoms with E-state index < -0.39 is 18.0 Å². The normalized spacial score (nSPS) is 13.2. The number of imidazole rings is 1. The lowest BCUT2D eigenvalue weighted by Crippen LogP contribution is -2.41. The maximum absolute atomic E-state index is 13.4. The third-order valence-electron chi connectivity index (χ3n) is 5.86. The maximum Gasteiger partial charge on any atom is 0.511 e. The highest BCUT2D eigenvalue weighted by atomic mass is 35.5. The first-order chi connectivity index (χ1) is 19.3. The summed E-state index contributed by atoms with van der Waals surface area (Å²) in [6.45, 7) is 0.501. The van der Waals surface area contributed by atoms with Crippen molar-refractivity contribution in [3.8, 4) is 5.75 Å². The van der Waals surface area contributed by atoms with Crippen LogP contribution in [0.5, 0.6) is 5.75 Å². The van der Waals surface area contributed by atoms with Gasteiger partial charge in [0.1, 0.15) is 24.5 Å². The summed E-state index contributed by atoms with van der Waals surface area (Å²) in [6.07, 6.45) is -0.184. The SMILES string of the molecule is O=C(Cn1c(C(=O)Nc2ccc(N3CCOCC3=O)cc2)nc2c(OC(=O)O)cccc21)Nc1ccc(Cl)cn1. The molecule has 1 fully saturated rings. The Morgan fingerprint density at radius 3 is 2.58 bits per heavy atom. The average Bonchev–Trinajstić information content (AvgIpc) is 3.30. The molecule has 2 aromatic carbocycles. The molecule has 40 heavy (non-hydrogen) atoms. The second-order valence-electron chi connectivity index (χ2n) is 8.52. The minimum atomic E-state index is -1.56. The van der Waals surface area contributed by atoms with Gasteiger partial charge >= 0.3 is 6.16 Å². The first-order valence-electron chi connectivity index (χ1n) is 11.9. The van der Waals surface area contributed by atoms with E-state index in [0.29, 0.717) is 35.1 Å². The monoisotopic (exact) mass is 564 g/mol. The second kappa shape index (κ2) is 11.4. The van der Waals surface area contributed by atoms with E-state index >= 15 is 0 Å². The summed E-state index contributed by atoms with van der Waals surface area (Å²) >= 11 is 5.85. The van der Waals surface area contributed by atoms with Gasteiger partial charge in [-0.3, -0.25) is 14.4 Å². The number of carbonyl (C=O) groups excluding carboxylic acids is 3. The van der Waals surface area contributed by atoms with E-state index in [4.69, 9.17) is 26.2 Å². The number of aromatic nitrogens is 3. The third-order valence-corrected chi connectivity index (χ3v) is 6.09. The zero-order valence-corrected chi connectivity index (χ0v) is 21.4. The van der Waals surface area contributed by atoms with Gasteiger partial charge in [-0.25, -0.2) is 14.8 Å². The molecule has 1 aliphatic rings. The van der Waals surface area contributed by atoms with Crippen molar-refractivity contribution in [3.63, 3.8) is 0 Å². The van der Waals surface area contributed by atoms with E-state index in [1.54, 1.807) is 41.3 Å². The smallest absolute Gasteiger partial charge is 0.449 e. The molecule has 0 radical (unpaired) electrons. The van der Waals surface area contributed by atoms with Gasteiger partial charge in [0.25, 0.3) is 11.8 Å². The van der Waals surface area contributed by atoms with Gasteiger partial charge in [-0.1, -0.05) is 17.7 Å². The van der Waals surface area contributed by atoms with Gasteiger partial charge in [-0.05, 0) is 48.5 Å². The average molecular weight is 565 g/mol. The fourth-order valence-electron chi connectivity index (χ4n) is 4.11. The van der Waals surface area contributed by atoms with Crippen LogP contribution in [-0.2, 0) is 20.9 Å². The molecule has 4 aromatic rings. The van der Waals surface area contributed by atoms with Crippen LogP contribution in [0.25, 0.3) is 11.0 Å². The van der Waals surface area contributed by atoms with Crippen molar-refractivity contribution < 1.29 is 33.8 Å². The van der Waals surface area contributed by atoms with E-state index in [9.17, 15) is 19.2 Å². The molecule has 3 N–H and O–H groups in total. The molecule has 1 aliphatic heterocycles. The van der Waals surface area contributed by atoms with Crippen molar-refractivity contribution in [2.24, 2.45) is 0 Å². The molecule has 204 valence electrons. The van der Waals surface area contributed by atoms with Crippen LogP contribution in [0.4, 0.5) is 22.0 Å². The van der Waals surface area contributed by atoms with Gasteiger partial charge in [0.15, 0.2) is 5.75 Å².